The average Bonchev–Trinajstić information content (AvgIpc) is 2.83. The zero-order chi connectivity index (χ0) is 8.67. The van der Waals surface area contributed by atoms with Crippen molar-refractivity contribution in [3.63, 3.8) is 0 Å². The molecule has 2 aromatic rings. The van der Waals surface area contributed by atoms with Gasteiger partial charge in [0.15, 0.2) is 0 Å². The van der Waals surface area contributed by atoms with Crippen molar-refractivity contribution in [1.82, 2.24) is 4.98 Å². The lowest BCUT2D eigenvalue weighted by Crippen LogP contribution is -1.94. The maximum absolute atomic E-state index is 5.68. The maximum atomic E-state index is 5.68. The fourth-order valence-electron chi connectivity index (χ4n) is 1.48. The summed E-state index contributed by atoms with van der Waals surface area (Å²) in [4.78, 5) is 3.17. The highest BCUT2D eigenvalue weighted by atomic mass is 16.5. The Morgan fingerprint density at radius 1 is 1.23 bits per heavy atom. The second-order valence-corrected chi connectivity index (χ2v) is 3.54. The molecule has 3 rings (SSSR count). The molecule has 1 heterocycles. The van der Waals surface area contributed by atoms with Crippen LogP contribution in [-0.2, 0) is 0 Å². The van der Waals surface area contributed by atoms with E-state index in [2.05, 4.69) is 23.2 Å². The van der Waals surface area contributed by atoms with Crippen LogP contribution in [0.5, 0.6) is 5.75 Å². The number of ether oxygens (including phenoxy) is 1. The third-order valence-corrected chi connectivity index (χ3v) is 2.35. The molecule has 0 bridgehead atoms. The third kappa shape index (κ3) is 1.28. The van der Waals surface area contributed by atoms with Gasteiger partial charge in [-0.3, -0.25) is 0 Å². The van der Waals surface area contributed by atoms with E-state index in [4.69, 9.17) is 4.74 Å². The minimum absolute atomic E-state index is 0.479. The number of benzene rings is 1. The Kier molecular flexibility index (Phi) is 1.36. The van der Waals surface area contributed by atoms with Gasteiger partial charge in [-0.1, -0.05) is 0 Å². The summed E-state index contributed by atoms with van der Waals surface area (Å²) in [6.45, 7) is 0. The molecule has 2 nitrogen and oxygen atoms in total. The van der Waals surface area contributed by atoms with E-state index in [0.29, 0.717) is 6.10 Å². The van der Waals surface area contributed by atoms with Crippen molar-refractivity contribution in [2.45, 2.75) is 18.9 Å². The predicted octanol–water partition coefficient (Wildman–Crippen LogP) is 2.71. The van der Waals surface area contributed by atoms with Crippen molar-refractivity contribution >= 4 is 10.9 Å². The Morgan fingerprint density at radius 2 is 2.15 bits per heavy atom. The summed E-state index contributed by atoms with van der Waals surface area (Å²) in [6, 6.07) is 8.25. The smallest absolute Gasteiger partial charge is 0.121 e. The molecular weight excluding hydrogens is 162 g/mol. The Labute approximate surface area is 76.5 Å². The largest absolute Gasteiger partial charge is 0.490 e. The van der Waals surface area contributed by atoms with E-state index in [9.17, 15) is 0 Å². The second-order valence-electron chi connectivity index (χ2n) is 3.54. The number of rotatable bonds is 2. The number of hydrogen-bond donors (Lipinski definition) is 1. The van der Waals surface area contributed by atoms with Crippen LogP contribution in [0.4, 0.5) is 0 Å². The predicted molar refractivity (Wildman–Crippen MR) is 51.9 cm³/mol. The first-order chi connectivity index (χ1) is 6.42. The van der Waals surface area contributed by atoms with Crippen molar-refractivity contribution in [3.05, 3.63) is 30.5 Å². The Morgan fingerprint density at radius 3 is 3.00 bits per heavy atom. The lowest BCUT2D eigenvalue weighted by Gasteiger charge is -2.03. The molecule has 1 N–H and O–H groups in total. The topological polar surface area (TPSA) is 25.0 Å². The molecule has 0 aliphatic heterocycles. The molecule has 1 saturated carbocycles. The number of aromatic nitrogens is 1. The molecule has 13 heavy (non-hydrogen) atoms. The van der Waals surface area contributed by atoms with Crippen molar-refractivity contribution in [2.75, 3.05) is 0 Å². The number of H-pyrrole nitrogens is 1. The van der Waals surface area contributed by atoms with Crippen molar-refractivity contribution in [1.29, 1.82) is 0 Å². The molecule has 1 aromatic heterocycles. The highest BCUT2D eigenvalue weighted by Crippen LogP contribution is 2.28. The molecule has 1 aliphatic carbocycles. The van der Waals surface area contributed by atoms with Crippen molar-refractivity contribution in [3.8, 4) is 5.75 Å². The molecule has 1 aliphatic rings. The van der Waals surface area contributed by atoms with Gasteiger partial charge < -0.3 is 9.72 Å². The summed E-state index contributed by atoms with van der Waals surface area (Å²) in [5.41, 5.74) is 1.15. The van der Waals surface area contributed by atoms with Crippen molar-refractivity contribution in [2.24, 2.45) is 0 Å². The zero-order valence-electron chi connectivity index (χ0n) is 7.29. The number of nitrogens with one attached hydrogen (secondary N) is 1. The lowest BCUT2D eigenvalue weighted by atomic mass is 10.2. The van der Waals surface area contributed by atoms with E-state index in [1.54, 1.807) is 0 Å². The molecular formula is C11H11NO. The van der Waals surface area contributed by atoms with E-state index in [1.807, 2.05) is 12.3 Å². The molecule has 2 heteroatoms. The van der Waals surface area contributed by atoms with Crippen LogP contribution in [0.3, 0.4) is 0 Å². The van der Waals surface area contributed by atoms with Gasteiger partial charge in [-0.05, 0) is 36.4 Å². The van der Waals surface area contributed by atoms with E-state index >= 15 is 0 Å². The maximum Gasteiger partial charge on any atom is 0.121 e. The van der Waals surface area contributed by atoms with Crippen LogP contribution in [-0.4, -0.2) is 11.1 Å². The molecule has 0 spiro atoms. The summed E-state index contributed by atoms with van der Waals surface area (Å²) < 4.78 is 5.68. The van der Waals surface area contributed by atoms with Crippen LogP contribution in [0.2, 0.25) is 0 Å². The van der Waals surface area contributed by atoms with Gasteiger partial charge in [-0.2, -0.15) is 0 Å². The Hall–Kier alpha value is -1.44. The monoisotopic (exact) mass is 173 g/mol. The molecule has 0 saturated heterocycles. The van der Waals surface area contributed by atoms with Gasteiger partial charge in [0.1, 0.15) is 5.75 Å². The van der Waals surface area contributed by atoms with Crippen LogP contribution in [0.15, 0.2) is 30.5 Å². The van der Waals surface area contributed by atoms with Gasteiger partial charge in [0.05, 0.1) is 6.10 Å². The van der Waals surface area contributed by atoms with E-state index in [-0.39, 0.29) is 0 Å². The SMILES string of the molecule is c1cc2ccc(OC3CC3)cc2[nH]1. The average molecular weight is 173 g/mol. The number of fused-ring (bicyclic) bond motifs is 1. The molecule has 66 valence electrons. The summed E-state index contributed by atoms with van der Waals surface area (Å²) in [6.07, 6.45) is 4.85. The number of hydrogen-bond acceptors (Lipinski definition) is 1. The highest BCUT2D eigenvalue weighted by molar-refractivity contribution is 5.80. The van der Waals surface area contributed by atoms with Crippen LogP contribution in [0, 0.1) is 0 Å². The minimum atomic E-state index is 0.479. The molecule has 0 unspecified atom stereocenters. The standard InChI is InChI=1S/C11H11NO/c1-2-10(13-9-3-4-9)7-11-8(1)5-6-12-11/h1-2,5-7,9,12H,3-4H2. The second kappa shape index (κ2) is 2.52. The van der Waals surface area contributed by atoms with E-state index in [0.717, 1.165) is 11.3 Å². The van der Waals surface area contributed by atoms with Gasteiger partial charge in [0.2, 0.25) is 0 Å². The van der Waals surface area contributed by atoms with Gasteiger partial charge in [-0.25, -0.2) is 0 Å². The van der Waals surface area contributed by atoms with Gasteiger partial charge in [0.25, 0.3) is 0 Å². The quantitative estimate of drug-likeness (QED) is 0.742. The molecule has 0 radical (unpaired) electrons. The third-order valence-electron chi connectivity index (χ3n) is 2.35. The summed E-state index contributed by atoms with van der Waals surface area (Å²) in [7, 11) is 0. The zero-order valence-corrected chi connectivity index (χ0v) is 7.29. The lowest BCUT2D eigenvalue weighted by molar-refractivity contribution is 0.303. The first-order valence-corrected chi connectivity index (χ1v) is 4.66. The molecule has 0 atom stereocenters. The van der Waals surface area contributed by atoms with Crippen LogP contribution < -0.4 is 4.74 Å². The normalized spacial score (nSPS) is 16.3. The van der Waals surface area contributed by atoms with Crippen LogP contribution in [0.25, 0.3) is 10.9 Å². The van der Waals surface area contributed by atoms with Crippen LogP contribution >= 0.6 is 0 Å². The van der Waals surface area contributed by atoms with Gasteiger partial charge in [0, 0.05) is 17.8 Å². The number of aromatic amines is 1. The fraction of sp³-hybridized carbons (Fsp3) is 0.273. The van der Waals surface area contributed by atoms with Gasteiger partial charge >= 0.3 is 0 Å². The molecule has 1 aromatic carbocycles. The van der Waals surface area contributed by atoms with Crippen LogP contribution in [0.1, 0.15) is 12.8 Å². The minimum Gasteiger partial charge on any atom is -0.490 e. The Balaban J connectivity index is 1.99. The Bertz CT molecular complexity index is 428. The van der Waals surface area contributed by atoms with Crippen molar-refractivity contribution < 1.29 is 4.74 Å². The van der Waals surface area contributed by atoms with Gasteiger partial charge in [-0.15, -0.1) is 0 Å². The first-order valence-electron chi connectivity index (χ1n) is 4.66. The summed E-state index contributed by atoms with van der Waals surface area (Å²) in [5, 5.41) is 1.24. The molecule has 1 fully saturated rings. The fourth-order valence-corrected chi connectivity index (χ4v) is 1.48. The first kappa shape index (κ1) is 7.01. The summed E-state index contributed by atoms with van der Waals surface area (Å²) >= 11 is 0. The summed E-state index contributed by atoms with van der Waals surface area (Å²) in [5.74, 6) is 0.984. The molecule has 0 amide bonds. The van der Waals surface area contributed by atoms with E-state index < -0.39 is 0 Å². The highest BCUT2D eigenvalue weighted by Gasteiger charge is 2.23. The van der Waals surface area contributed by atoms with E-state index in [1.165, 1.54) is 18.2 Å².